The lowest BCUT2D eigenvalue weighted by Crippen LogP contribution is -2.62. The molecule has 0 unspecified atom stereocenters. The van der Waals surface area contributed by atoms with Crippen molar-refractivity contribution in [2.45, 2.75) is 138 Å². The van der Waals surface area contributed by atoms with Crippen molar-refractivity contribution in [2.24, 2.45) is 5.92 Å². The van der Waals surface area contributed by atoms with Gasteiger partial charge in [0.25, 0.3) is 0 Å². The summed E-state index contributed by atoms with van der Waals surface area (Å²) in [4.78, 5) is 27.7. The van der Waals surface area contributed by atoms with Crippen molar-refractivity contribution in [2.75, 3.05) is 19.8 Å². The molecule has 16 atom stereocenters. The van der Waals surface area contributed by atoms with Crippen molar-refractivity contribution >= 4 is 11.9 Å². The van der Waals surface area contributed by atoms with Crippen LogP contribution in [0.25, 0.3) is 0 Å². The van der Waals surface area contributed by atoms with Gasteiger partial charge in [-0.1, -0.05) is 38.1 Å². The summed E-state index contributed by atoms with van der Waals surface area (Å²) in [6.45, 7) is 0.526. The Hall–Kier alpha value is -3.66. The molecule has 0 bridgehead atoms. The summed E-state index contributed by atoms with van der Waals surface area (Å²) in [6, 6.07) is 11.6. The zero-order valence-electron chi connectivity index (χ0n) is 33.8. The van der Waals surface area contributed by atoms with Crippen LogP contribution in [0.4, 0.5) is 0 Å². The van der Waals surface area contributed by atoms with E-state index in [4.69, 9.17) is 37.9 Å². The molecule has 3 fully saturated rings. The lowest BCUT2D eigenvalue weighted by molar-refractivity contribution is -0.327. The maximum atomic E-state index is 14.2. The average molecular weight is 889 g/mol. The van der Waals surface area contributed by atoms with E-state index >= 15 is 0 Å². The quantitative estimate of drug-likeness (QED) is 0.0632. The smallest absolute Gasteiger partial charge is 0.339 e. The number of carbonyl (C=O) groups is 2. The van der Waals surface area contributed by atoms with Crippen LogP contribution < -0.4 is 9.47 Å². The Kier molecular flexibility index (Phi) is 17.4. The highest BCUT2D eigenvalue weighted by molar-refractivity contribution is 5.86. The van der Waals surface area contributed by atoms with Gasteiger partial charge in [-0.05, 0) is 47.7 Å². The van der Waals surface area contributed by atoms with Crippen LogP contribution in [0.3, 0.4) is 0 Å². The number of benzene rings is 2. The molecular weight excluding hydrogens is 832 g/mol. The van der Waals surface area contributed by atoms with E-state index in [1.165, 1.54) is 48.5 Å². The molecule has 62 heavy (non-hydrogen) atoms. The number of rotatable bonds is 18. The molecule has 2 aromatic rings. The van der Waals surface area contributed by atoms with Crippen LogP contribution in [0.1, 0.15) is 37.8 Å². The maximum Gasteiger partial charge on any atom is 0.339 e. The predicted octanol–water partition coefficient (Wildman–Crippen LogP) is -4.18. The van der Waals surface area contributed by atoms with Gasteiger partial charge < -0.3 is 99.2 Å². The zero-order chi connectivity index (χ0) is 45.5. The molecule has 2 aromatic carbocycles. The second-order valence-electron chi connectivity index (χ2n) is 15.7. The van der Waals surface area contributed by atoms with E-state index in [-0.39, 0.29) is 24.5 Å². The molecule has 3 aliphatic rings. The molecule has 0 aromatic heterocycles. The first-order chi connectivity index (χ1) is 29.4. The van der Waals surface area contributed by atoms with Gasteiger partial charge in [-0.2, -0.15) is 0 Å². The zero-order valence-corrected chi connectivity index (χ0v) is 33.8. The summed E-state index contributed by atoms with van der Waals surface area (Å²) in [5.74, 6) is -2.22. The molecule has 0 saturated carbocycles. The highest BCUT2D eigenvalue weighted by Gasteiger charge is 2.52. The van der Waals surface area contributed by atoms with Crippen LogP contribution in [0.15, 0.2) is 48.5 Å². The predicted molar refractivity (Wildman–Crippen MR) is 203 cm³/mol. The lowest BCUT2D eigenvalue weighted by atomic mass is 9.88. The van der Waals surface area contributed by atoms with E-state index in [1.807, 2.05) is 0 Å². The minimum Gasteiger partial charge on any atom is -0.462 e. The SMILES string of the molecule is CC(C)C[C@](CC(=O)OCc1ccc(O[C@@H]2O[C@H](CO)[C@@H](O)[C@H](O)[C@H]2O)cc1)(O[C@@H]1O[C@H](CO)[C@@H](O)[C@H](O)[C@H]1O)C(=O)OCc1ccc(O[C@@H]2O[C@H](CO)[C@@H](O)[C@H](O)[C@H]2O)cc1. The number of ether oxygens (including phenoxy) is 8. The van der Waals surface area contributed by atoms with Gasteiger partial charge in [0, 0.05) is 0 Å². The van der Waals surface area contributed by atoms with Gasteiger partial charge in [-0.3, -0.25) is 4.79 Å². The number of carbonyl (C=O) groups excluding carboxylic acids is 2. The Bertz CT molecular complexity index is 1710. The lowest BCUT2D eigenvalue weighted by Gasteiger charge is -2.43. The van der Waals surface area contributed by atoms with Crippen LogP contribution in [-0.2, 0) is 51.2 Å². The summed E-state index contributed by atoms with van der Waals surface area (Å²) >= 11 is 0. The van der Waals surface area contributed by atoms with Crippen LogP contribution in [-0.4, -0.2) is 191 Å². The minimum atomic E-state index is -2.26. The van der Waals surface area contributed by atoms with Gasteiger partial charge in [0.1, 0.15) is 98.0 Å². The monoisotopic (exact) mass is 888 g/mol. The molecule has 5 rings (SSSR count). The molecule has 0 spiro atoms. The maximum absolute atomic E-state index is 14.2. The summed E-state index contributed by atoms with van der Waals surface area (Å²) in [7, 11) is 0. The Morgan fingerprint density at radius 2 is 0.919 bits per heavy atom. The number of hydrogen-bond acceptors (Lipinski definition) is 22. The molecule has 3 heterocycles. The van der Waals surface area contributed by atoms with Gasteiger partial charge in [-0.15, -0.1) is 0 Å². The summed E-state index contributed by atoms with van der Waals surface area (Å²) in [5, 5.41) is 121. The number of aliphatic hydroxyl groups is 12. The van der Waals surface area contributed by atoms with Crippen molar-refractivity contribution in [1.82, 2.24) is 0 Å². The summed E-state index contributed by atoms with van der Waals surface area (Å²) in [5.41, 5.74) is -1.45. The van der Waals surface area contributed by atoms with Crippen LogP contribution in [0.2, 0.25) is 0 Å². The molecule has 3 saturated heterocycles. The van der Waals surface area contributed by atoms with Crippen LogP contribution in [0.5, 0.6) is 11.5 Å². The second kappa shape index (κ2) is 21.8. The third-order valence-electron chi connectivity index (χ3n) is 10.5. The van der Waals surface area contributed by atoms with E-state index in [9.17, 15) is 70.9 Å². The van der Waals surface area contributed by atoms with E-state index < -0.39 is 148 Å². The number of aliphatic hydroxyl groups excluding tert-OH is 12. The summed E-state index contributed by atoms with van der Waals surface area (Å²) < 4.78 is 44.7. The molecular formula is C40H56O22. The Morgan fingerprint density at radius 3 is 1.31 bits per heavy atom. The van der Waals surface area contributed by atoms with Crippen LogP contribution >= 0.6 is 0 Å². The van der Waals surface area contributed by atoms with Crippen molar-refractivity contribution < 1.29 is 109 Å². The van der Waals surface area contributed by atoms with Gasteiger partial charge in [-0.25, -0.2) is 4.79 Å². The Balaban J connectivity index is 1.28. The number of esters is 2. The van der Waals surface area contributed by atoms with Gasteiger partial charge >= 0.3 is 11.9 Å². The standard InChI is InChI=1S/C40H56O22/c1-18(2)11-40(62-38-35(53)32(50)29(47)25(15-43)61-38,39(54)56-17-20-5-9-22(10-6-20)58-37-34(52)31(49)28(46)24(14-42)60-37)12-26(44)55-16-19-3-7-21(8-4-19)57-36-33(51)30(48)27(45)23(13-41)59-36/h3-10,18,23-25,27-38,41-43,45-53H,11-17H2,1-2H3/t23-,24-,25-,27-,28-,29-,30+,31+,32+,33-,34-,35-,36-,37-,38+,40-/m1/s1. The van der Waals surface area contributed by atoms with Crippen molar-refractivity contribution in [1.29, 1.82) is 0 Å². The van der Waals surface area contributed by atoms with Crippen LogP contribution in [0, 0.1) is 5.92 Å². The van der Waals surface area contributed by atoms with Gasteiger partial charge in [0.2, 0.25) is 12.6 Å². The van der Waals surface area contributed by atoms with Gasteiger partial charge in [0.15, 0.2) is 11.9 Å². The number of hydrogen-bond donors (Lipinski definition) is 12. The molecule has 12 N–H and O–H groups in total. The molecule has 22 nitrogen and oxygen atoms in total. The molecule has 3 aliphatic heterocycles. The summed E-state index contributed by atoms with van der Waals surface area (Å²) in [6.07, 6.45) is -25.0. The highest BCUT2D eigenvalue weighted by atomic mass is 16.7. The Labute approximate surface area is 354 Å². The molecule has 0 amide bonds. The minimum absolute atomic E-state index is 0.128. The van der Waals surface area contributed by atoms with E-state index in [0.717, 1.165) is 0 Å². The van der Waals surface area contributed by atoms with Crippen molar-refractivity contribution in [3.05, 3.63) is 59.7 Å². The molecule has 0 aliphatic carbocycles. The third kappa shape index (κ3) is 11.7. The normalized spacial score (nSPS) is 34.9. The first-order valence-electron chi connectivity index (χ1n) is 19.8. The van der Waals surface area contributed by atoms with E-state index in [1.54, 1.807) is 13.8 Å². The van der Waals surface area contributed by atoms with E-state index in [0.29, 0.717) is 11.1 Å². The Morgan fingerprint density at radius 1 is 0.548 bits per heavy atom. The highest BCUT2D eigenvalue weighted by Crippen LogP contribution is 2.35. The van der Waals surface area contributed by atoms with E-state index in [2.05, 4.69) is 0 Å². The fourth-order valence-electron chi connectivity index (χ4n) is 7.07. The molecule has 348 valence electrons. The van der Waals surface area contributed by atoms with Crippen molar-refractivity contribution in [3.63, 3.8) is 0 Å². The fraction of sp³-hybridized carbons (Fsp3) is 0.650. The topological polar surface area (TPSA) is 351 Å². The third-order valence-corrected chi connectivity index (χ3v) is 10.5. The fourth-order valence-corrected chi connectivity index (χ4v) is 7.07. The first-order valence-corrected chi connectivity index (χ1v) is 19.8. The largest absolute Gasteiger partial charge is 0.462 e. The second-order valence-corrected chi connectivity index (χ2v) is 15.7. The average Bonchev–Trinajstić information content (AvgIpc) is 3.25. The first kappa shape index (κ1) is 49.4. The molecule has 22 heteroatoms. The van der Waals surface area contributed by atoms with Crippen molar-refractivity contribution in [3.8, 4) is 11.5 Å². The van der Waals surface area contributed by atoms with Gasteiger partial charge in [0.05, 0.1) is 26.2 Å². The molecule has 0 radical (unpaired) electrons.